The van der Waals surface area contributed by atoms with Gasteiger partial charge in [-0.3, -0.25) is 0 Å². The first-order valence-corrected chi connectivity index (χ1v) is 6.57. The predicted molar refractivity (Wildman–Crippen MR) is 73.6 cm³/mol. The Morgan fingerprint density at radius 2 is 2.41 bits per heavy atom. The van der Waals surface area contributed by atoms with Gasteiger partial charge in [-0.05, 0) is 13.0 Å². The van der Waals surface area contributed by atoms with Crippen LogP contribution < -0.4 is 11.1 Å². The van der Waals surface area contributed by atoms with Crippen LogP contribution in [0.1, 0.15) is 6.42 Å². The van der Waals surface area contributed by atoms with E-state index in [2.05, 4.69) is 16.4 Å². The summed E-state index contributed by atoms with van der Waals surface area (Å²) in [5.74, 6) is 0. The number of nitrogens with zero attached hydrogens (tertiary/aromatic N) is 1. The van der Waals surface area contributed by atoms with Crippen molar-refractivity contribution >= 4 is 28.1 Å². The molecule has 0 unspecified atom stereocenters. The Morgan fingerprint density at radius 1 is 1.53 bits per heavy atom. The van der Waals surface area contributed by atoms with E-state index in [1.807, 2.05) is 18.3 Å². The zero-order valence-electron chi connectivity index (χ0n) is 9.24. The van der Waals surface area contributed by atoms with E-state index in [0.29, 0.717) is 11.6 Å². The molecular formula is C12H13ClN3S. The van der Waals surface area contributed by atoms with E-state index < -0.39 is 0 Å². The Balaban J connectivity index is 2.10. The molecular weight excluding hydrogens is 254 g/mol. The van der Waals surface area contributed by atoms with Gasteiger partial charge in [0.05, 0.1) is 9.90 Å². The van der Waals surface area contributed by atoms with E-state index in [1.54, 1.807) is 17.4 Å². The number of nitrogens with one attached hydrogen (secondary N) is 1. The Labute approximate surface area is 110 Å². The third-order valence-corrected chi connectivity index (χ3v) is 3.53. The van der Waals surface area contributed by atoms with Gasteiger partial charge in [0.25, 0.3) is 0 Å². The molecule has 0 spiro atoms. The van der Waals surface area contributed by atoms with Crippen LogP contribution in [-0.2, 0) is 0 Å². The van der Waals surface area contributed by atoms with E-state index in [4.69, 9.17) is 17.3 Å². The minimum absolute atomic E-state index is 0.629. The molecule has 3 nitrogen and oxygen atoms in total. The van der Waals surface area contributed by atoms with E-state index in [9.17, 15) is 0 Å². The quantitative estimate of drug-likeness (QED) is 0.818. The Hall–Kier alpha value is -1.10. The fraction of sp³-hybridized carbons (Fsp3) is 0.250. The molecule has 1 radical (unpaired) electrons. The van der Waals surface area contributed by atoms with Crippen LogP contribution in [0, 0.1) is 6.07 Å². The Morgan fingerprint density at radius 3 is 3.18 bits per heavy atom. The van der Waals surface area contributed by atoms with Gasteiger partial charge in [-0.2, -0.15) is 0 Å². The molecule has 0 aliphatic rings. The summed E-state index contributed by atoms with van der Waals surface area (Å²) in [4.78, 5) is 5.34. The molecule has 0 saturated heterocycles. The van der Waals surface area contributed by atoms with Gasteiger partial charge in [-0.25, -0.2) is 4.98 Å². The van der Waals surface area contributed by atoms with Crippen LogP contribution in [0.2, 0.25) is 5.02 Å². The molecule has 0 aliphatic carbocycles. The number of thiazole rings is 1. The minimum Gasteiger partial charge on any atom is -0.361 e. The first-order valence-electron chi connectivity index (χ1n) is 5.37. The maximum Gasteiger partial charge on any atom is 0.183 e. The van der Waals surface area contributed by atoms with Crippen molar-refractivity contribution in [2.24, 2.45) is 5.73 Å². The molecule has 0 amide bonds. The molecule has 2 aromatic rings. The van der Waals surface area contributed by atoms with Crippen LogP contribution in [0.4, 0.5) is 5.13 Å². The molecule has 0 atom stereocenters. The molecule has 2 rings (SSSR count). The molecule has 1 aromatic carbocycles. The predicted octanol–water partition coefficient (Wildman–Crippen LogP) is 3.02. The van der Waals surface area contributed by atoms with Crippen LogP contribution in [0.15, 0.2) is 24.4 Å². The van der Waals surface area contributed by atoms with Crippen molar-refractivity contribution in [2.75, 3.05) is 18.4 Å². The van der Waals surface area contributed by atoms with Gasteiger partial charge in [0.1, 0.15) is 0 Å². The molecule has 0 saturated carbocycles. The topological polar surface area (TPSA) is 50.9 Å². The van der Waals surface area contributed by atoms with Crippen LogP contribution in [-0.4, -0.2) is 18.1 Å². The van der Waals surface area contributed by atoms with Crippen LogP contribution in [0.5, 0.6) is 0 Å². The van der Waals surface area contributed by atoms with Gasteiger partial charge in [-0.1, -0.05) is 41.1 Å². The summed E-state index contributed by atoms with van der Waals surface area (Å²) in [6, 6.07) is 8.65. The fourth-order valence-electron chi connectivity index (χ4n) is 1.38. The van der Waals surface area contributed by atoms with Crippen molar-refractivity contribution < 1.29 is 0 Å². The summed E-state index contributed by atoms with van der Waals surface area (Å²) in [6.45, 7) is 1.53. The number of nitrogens with two attached hydrogens (primary N) is 1. The van der Waals surface area contributed by atoms with E-state index in [-0.39, 0.29) is 0 Å². The van der Waals surface area contributed by atoms with Gasteiger partial charge < -0.3 is 11.1 Å². The summed E-state index contributed by atoms with van der Waals surface area (Å²) in [7, 11) is 0. The summed E-state index contributed by atoms with van der Waals surface area (Å²) >= 11 is 7.66. The highest BCUT2D eigenvalue weighted by Crippen LogP contribution is 2.33. The molecule has 0 aliphatic heterocycles. The van der Waals surface area contributed by atoms with Gasteiger partial charge in [0.15, 0.2) is 5.13 Å². The molecule has 1 aromatic heterocycles. The average molecular weight is 267 g/mol. The molecule has 89 valence electrons. The number of hydrogen-bond acceptors (Lipinski definition) is 4. The van der Waals surface area contributed by atoms with Gasteiger partial charge in [-0.15, -0.1) is 0 Å². The van der Waals surface area contributed by atoms with Gasteiger partial charge in [0, 0.05) is 24.4 Å². The van der Waals surface area contributed by atoms with Crippen molar-refractivity contribution in [1.29, 1.82) is 0 Å². The molecule has 3 N–H and O–H groups in total. The maximum absolute atomic E-state index is 6.08. The van der Waals surface area contributed by atoms with Crippen molar-refractivity contribution in [1.82, 2.24) is 4.98 Å². The largest absolute Gasteiger partial charge is 0.361 e. The van der Waals surface area contributed by atoms with Crippen molar-refractivity contribution in [2.45, 2.75) is 6.42 Å². The Bertz CT molecular complexity index is 484. The highest BCUT2D eigenvalue weighted by atomic mass is 35.5. The third-order valence-electron chi connectivity index (χ3n) is 2.23. The zero-order valence-corrected chi connectivity index (χ0v) is 10.8. The number of benzene rings is 1. The van der Waals surface area contributed by atoms with E-state index >= 15 is 0 Å². The van der Waals surface area contributed by atoms with Crippen molar-refractivity contribution in [3.05, 3.63) is 35.5 Å². The third kappa shape index (κ3) is 3.19. The number of rotatable bonds is 5. The molecule has 0 fully saturated rings. The van der Waals surface area contributed by atoms with E-state index in [0.717, 1.165) is 28.5 Å². The van der Waals surface area contributed by atoms with Crippen LogP contribution >= 0.6 is 22.9 Å². The smallest absolute Gasteiger partial charge is 0.183 e. The van der Waals surface area contributed by atoms with Crippen LogP contribution in [0.25, 0.3) is 10.4 Å². The fourth-order valence-corrected chi connectivity index (χ4v) is 2.54. The van der Waals surface area contributed by atoms with E-state index in [1.165, 1.54) is 0 Å². The van der Waals surface area contributed by atoms with Crippen LogP contribution in [0.3, 0.4) is 0 Å². The molecule has 1 heterocycles. The second kappa shape index (κ2) is 6.00. The lowest BCUT2D eigenvalue weighted by atomic mass is 10.2. The summed E-state index contributed by atoms with van der Waals surface area (Å²) < 4.78 is 0. The summed E-state index contributed by atoms with van der Waals surface area (Å²) in [5.41, 5.74) is 6.40. The highest BCUT2D eigenvalue weighted by molar-refractivity contribution is 7.18. The number of anilines is 1. The molecule has 0 bridgehead atoms. The normalized spacial score (nSPS) is 10.5. The summed E-state index contributed by atoms with van der Waals surface area (Å²) in [5, 5.41) is 4.76. The number of aromatic nitrogens is 1. The lowest BCUT2D eigenvalue weighted by molar-refractivity contribution is 0.873. The Kier molecular flexibility index (Phi) is 4.36. The van der Waals surface area contributed by atoms with Gasteiger partial charge >= 0.3 is 0 Å². The standard InChI is InChI=1S/C12H13ClN3S/c13-10-5-2-1-4-9(10)11-8-16-12(17-11)15-7-3-6-14/h1-2,4,8H,3,6-7,14H2,(H,15,16). The lowest BCUT2D eigenvalue weighted by Crippen LogP contribution is -2.07. The van der Waals surface area contributed by atoms with Crippen molar-refractivity contribution in [3.63, 3.8) is 0 Å². The molecule has 17 heavy (non-hydrogen) atoms. The zero-order chi connectivity index (χ0) is 12.1. The summed E-state index contributed by atoms with van der Waals surface area (Å²) in [6.07, 6.45) is 2.76. The average Bonchev–Trinajstić information content (AvgIpc) is 2.79. The maximum atomic E-state index is 6.08. The SMILES string of the molecule is NCCCNc1ncc(-c2ccc[c]c2Cl)s1. The first-order chi connectivity index (χ1) is 8.31. The van der Waals surface area contributed by atoms with Gasteiger partial charge in [0.2, 0.25) is 0 Å². The number of hydrogen-bond donors (Lipinski definition) is 2. The lowest BCUT2D eigenvalue weighted by Gasteiger charge is -2.00. The monoisotopic (exact) mass is 266 g/mol. The number of halogens is 1. The first kappa shape index (κ1) is 12.4. The minimum atomic E-state index is 0.629. The molecule has 5 heteroatoms. The highest BCUT2D eigenvalue weighted by Gasteiger charge is 2.07. The second-order valence-electron chi connectivity index (χ2n) is 3.50. The second-order valence-corrected chi connectivity index (χ2v) is 4.91. The van der Waals surface area contributed by atoms with Crippen molar-refractivity contribution in [3.8, 4) is 10.4 Å².